The van der Waals surface area contributed by atoms with Gasteiger partial charge in [0.1, 0.15) is 0 Å². The summed E-state index contributed by atoms with van der Waals surface area (Å²) in [6.45, 7) is 0. The molecule has 0 bridgehead atoms. The molecule has 0 radical (unpaired) electrons. The average molecular weight is 244 g/mol. The van der Waals surface area contributed by atoms with Crippen molar-refractivity contribution in [2.75, 3.05) is 0 Å². The lowest BCUT2D eigenvalue weighted by molar-refractivity contribution is -0.145. The van der Waals surface area contributed by atoms with Crippen LogP contribution in [0.15, 0.2) is 24.3 Å². The minimum Gasteiger partial charge on any atom is -0.481 e. The quantitative estimate of drug-likeness (QED) is 0.866. The second kappa shape index (κ2) is 4.05. The van der Waals surface area contributed by atoms with Gasteiger partial charge in [-0.2, -0.15) is 13.2 Å². The van der Waals surface area contributed by atoms with Crippen LogP contribution in [0, 0.1) is 5.92 Å². The third-order valence-corrected chi connectivity index (χ3v) is 3.23. The van der Waals surface area contributed by atoms with Crippen LogP contribution >= 0.6 is 0 Å². The first-order valence-corrected chi connectivity index (χ1v) is 5.29. The molecule has 1 aromatic carbocycles. The first-order chi connectivity index (χ1) is 7.89. The Hall–Kier alpha value is -1.52. The van der Waals surface area contributed by atoms with Crippen molar-refractivity contribution < 1.29 is 23.1 Å². The minimum absolute atomic E-state index is 0.283. The predicted octanol–water partition coefficient (Wildman–Crippen LogP) is 3.28. The van der Waals surface area contributed by atoms with E-state index in [1.165, 1.54) is 6.07 Å². The molecular weight excluding hydrogens is 233 g/mol. The minimum atomic E-state index is -4.38. The van der Waals surface area contributed by atoms with E-state index in [4.69, 9.17) is 5.11 Å². The molecule has 0 spiro atoms. The van der Waals surface area contributed by atoms with Crippen LogP contribution in [-0.2, 0) is 11.0 Å². The Balaban J connectivity index is 2.25. The molecule has 1 N–H and O–H groups in total. The molecule has 2 rings (SSSR count). The molecule has 0 amide bonds. The van der Waals surface area contributed by atoms with Gasteiger partial charge >= 0.3 is 12.1 Å². The summed E-state index contributed by atoms with van der Waals surface area (Å²) in [4.78, 5) is 10.8. The first-order valence-electron chi connectivity index (χ1n) is 5.29. The fourth-order valence-corrected chi connectivity index (χ4v) is 2.14. The summed E-state index contributed by atoms with van der Waals surface area (Å²) in [6, 6.07) is 4.95. The van der Waals surface area contributed by atoms with Gasteiger partial charge in [-0.3, -0.25) is 4.79 Å². The van der Waals surface area contributed by atoms with Gasteiger partial charge in [-0.05, 0) is 30.4 Å². The largest absolute Gasteiger partial charge is 0.481 e. The molecule has 1 fully saturated rings. The number of alkyl halides is 3. The topological polar surface area (TPSA) is 37.3 Å². The Morgan fingerprint density at radius 2 is 2.00 bits per heavy atom. The van der Waals surface area contributed by atoms with Gasteiger partial charge in [-0.1, -0.05) is 18.2 Å². The summed E-state index contributed by atoms with van der Waals surface area (Å²) in [5.41, 5.74) is -0.246. The van der Waals surface area contributed by atoms with Crippen molar-refractivity contribution in [1.29, 1.82) is 0 Å². The van der Waals surface area contributed by atoms with E-state index >= 15 is 0 Å². The normalized spacial score (nSPS) is 24.2. The number of carboxylic acid groups (broad SMARTS) is 1. The number of carboxylic acids is 1. The number of rotatable bonds is 2. The van der Waals surface area contributed by atoms with E-state index in [2.05, 4.69) is 0 Å². The van der Waals surface area contributed by atoms with Crippen molar-refractivity contribution in [1.82, 2.24) is 0 Å². The summed E-state index contributed by atoms with van der Waals surface area (Å²) in [7, 11) is 0. The monoisotopic (exact) mass is 244 g/mol. The van der Waals surface area contributed by atoms with Crippen LogP contribution in [0.3, 0.4) is 0 Å². The second-order valence-electron chi connectivity index (χ2n) is 4.25. The van der Waals surface area contributed by atoms with Crippen molar-refractivity contribution in [2.24, 2.45) is 5.92 Å². The smallest absolute Gasteiger partial charge is 0.416 e. The van der Waals surface area contributed by atoms with E-state index in [9.17, 15) is 18.0 Å². The van der Waals surface area contributed by atoms with E-state index in [1.807, 2.05) is 0 Å². The van der Waals surface area contributed by atoms with E-state index in [0.717, 1.165) is 12.1 Å². The maximum absolute atomic E-state index is 12.5. The van der Waals surface area contributed by atoms with Crippen molar-refractivity contribution in [3.8, 4) is 0 Å². The highest BCUT2D eigenvalue weighted by Crippen LogP contribution is 2.43. The zero-order chi connectivity index (χ0) is 12.6. The Kier molecular flexibility index (Phi) is 2.85. The number of halogens is 3. The van der Waals surface area contributed by atoms with Gasteiger partial charge in [0.2, 0.25) is 0 Å². The van der Waals surface area contributed by atoms with Crippen LogP contribution < -0.4 is 0 Å². The molecule has 0 saturated heterocycles. The van der Waals surface area contributed by atoms with Gasteiger partial charge < -0.3 is 5.11 Å². The highest BCUT2D eigenvalue weighted by atomic mass is 19.4. The van der Waals surface area contributed by atoms with Gasteiger partial charge in [-0.15, -0.1) is 0 Å². The molecule has 2 unspecified atom stereocenters. The summed E-state index contributed by atoms with van der Waals surface area (Å²) in [5.74, 6) is -1.76. The molecule has 2 atom stereocenters. The molecule has 92 valence electrons. The van der Waals surface area contributed by atoms with Crippen LogP contribution in [0.25, 0.3) is 0 Å². The molecule has 5 heteroatoms. The lowest BCUT2D eigenvalue weighted by Gasteiger charge is -2.34. The van der Waals surface area contributed by atoms with E-state index < -0.39 is 23.6 Å². The highest BCUT2D eigenvalue weighted by Gasteiger charge is 2.38. The fraction of sp³-hybridized carbons (Fsp3) is 0.417. The molecule has 0 aliphatic heterocycles. The third-order valence-electron chi connectivity index (χ3n) is 3.23. The molecule has 17 heavy (non-hydrogen) atoms. The maximum Gasteiger partial charge on any atom is 0.416 e. The molecule has 1 aromatic rings. The van der Waals surface area contributed by atoms with Crippen molar-refractivity contribution in [2.45, 2.75) is 24.9 Å². The number of aliphatic carboxylic acids is 1. The van der Waals surface area contributed by atoms with Crippen molar-refractivity contribution in [3.05, 3.63) is 35.4 Å². The molecule has 0 heterocycles. The maximum atomic E-state index is 12.5. The van der Waals surface area contributed by atoms with Gasteiger partial charge in [-0.25, -0.2) is 0 Å². The Labute approximate surface area is 96.1 Å². The van der Waals surface area contributed by atoms with Gasteiger partial charge in [0, 0.05) is 0 Å². The molecule has 1 aliphatic carbocycles. The van der Waals surface area contributed by atoms with Crippen LogP contribution in [0.4, 0.5) is 13.2 Å². The number of benzene rings is 1. The zero-order valence-electron chi connectivity index (χ0n) is 8.87. The number of hydrogen-bond donors (Lipinski definition) is 1. The van der Waals surface area contributed by atoms with Crippen LogP contribution in [0.1, 0.15) is 29.9 Å². The van der Waals surface area contributed by atoms with Gasteiger partial charge in [0.15, 0.2) is 0 Å². The van der Waals surface area contributed by atoms with E-state index in [-0.39, 0.29) is 5.92 Å². The van der Waals surface area contributed by atoms with Gasteiger partial charge in [0.05, 0.1) is 11.5 Å². The molecular formula is C12H11F3O2. The number of hydrogen-bond acceptors (Lipinski definition) is 1. The summed E-state index contributed by atoms with van der Waals surface area (Å²) in [6.07, 6.45) is -3.20. The Bertz CT molecular complexity index is 440. The van der Waals surface area contributed by atoms with E-state index in [1.54, 1.807) is 6.07 Å². The van der Waals surface area contributed by atoms with Crippen molar-refractivity contribution >= 4 is 5.97 Å². The summed E-state index contributed by atoms with van der Waals surface area (Å²) >= 11 is 0. The molecule has 0 aromatic heterocycles. The zero-order valence-corrected chi connectivity index (χ0v) is 8.87. The Morgan fingerprint density at radius 3 is 2.47 bits per heavy atom. The third kappa shape index (κ3) is 2.28. The van der Waals surface area contributed by atoms with Crippen LogP contribution in [0.5, 0.6) is 0 Å². The standard InChI is InChI=1S/C12H11F3O2/c13-12(14,15)8-3-1-2-7(6-8)9-4-5-10(9)11(16)17/h1-3,6,9-10H,4-5H2,(H,16,17). The highest BCUT2D eigenvalue weighted by molar-refractivity contribution is 5.72. The Morgan fingerprint density at radius 1 is 1.29 bits per heavy atom. The molecule has 1 saturated carbocycles. The lowest BCUT2D eigenvalue weighted by Crippen LogP contribution is -2.31. The second-order valence-corrected chi connectivity index (χ2v) is 4.25. The van der Waals surface area contributed by atoms with Crippen molar-refractivity contribution in [3.63, 3.8) is 0 Å². The van der Waals surface area contributed by atoms with E-state index in [0.29, 0.717) is 18.4 Å². The fourth-order valence-electron chi connectivity index (χ4n) is 2.14. The molecule has 1 aliphatic rings. The van der Waals surface area contributed by atoms with Crippen LogP contribution in [-0.4, -0.2) is 11.1 Å². The number of carbonyl (C=O) groups is 1. The summed E-state index contributed by atoms with van der Waals surface area (Å²) in [5, 5.41) is 8.87. The first kappa shape index (κ1) is 12.0. The van der Waals surface area contributed by atoms with Crippen LogP contribution in [0.2, 0.25) is 0 Å². The van der Waals surface area contributed by atoms with Gasteiger partial charge in [0.25, 0.3) is 0 Å². The lowest BCUT2D eigenvalue weighted by atomic mass is 9.70. The predicted molar refractivity (Wildman–Crippen MR) is 54.5 cm³/mol. The summed E-state index contributed by atoms with van der Waals surface area (Å²) < 4.78 is 37.5. The average Bonchev–Trinajstić information content (AvgIpc) is 2.14. The SMILES string of the molecule is O=C(O)C1CCC1c1cccc(C(F)(F)F)c1. The molecule has 2 nitrogen and oxygen atoms in total.